The lowest BCUT2D eigenvalue weighted by atomic mass is 9.89. The molecular weight excluding hydrogens is 312 g/mol. The van der Waals surface area contributed by atoms with Gasteiger partial charge in [0.25, 0.3) is 0 Å². The van der Waals surface area contributed by atoms with E-state index in [9.17, 15) is 9.59 Å². The first-order valence-electron chi connectivity index (χ1n) is 8.85. The van der Waals surface area contributed by atoms with Gasteiger partial charge in [0.2, 0.25) is 11.8 Å². The van der Waals surface area contributed by atoms with Crippen LogP contribution >= 0.6 is 0 Å². The van der Waals surface area contributed by atoms with E-state index in [0.29, 0.717) is 25.8 Å². The first-order chi connectivity index (χ1) is 12.2. The lowest BCUT2D eigenvalue weighted by Gasteiger charge is -2.25. The predicted octanol–water partition coefficient (Wildman–Crippen LogP) is 2.80. The molecule has 25 heavy (non-hydrogen) atoms. The zero-order valence-electron chi connectivity index (χ0n) is 14.3. The summed E-state index contributed by atoms with van der Waals surface area (Å²) in [5.41, 5.74) is 2.41. The Kier molecular flexibility index (Phi) is 5.83. The molecule has 0 spiro atoms. The number of nitrogens with one attached hydrogen (secondary N) is 2. The molecule has 0 bridgehead atoms. The van der Waals surface area contributed by atoms with Gasteiger partial charge in [-0.15, -0.1) is 0 Å². The Morgan fingerprint density at radius 1 is 1.08 bits per heavy atom. The van der Waals surface area contributed by atoms with Crippen LogP contribution in [0.15, 0.2) is 60.7 Å². The molecule has 3 rings (SSSR count). The van der Waals surface area contributed by atoms with E-state index in [4.69, 9.17) is 0 Å². The van der Waals surface area contributed by atoms with Crippen LogP contribution in [-0.2, 0) is 16.0 Å². The third-order valence-electron chi connectivity index (χ3n) is 4.66. The standard InChI is InChI=1S/C21H24N2O2/c24-20-12-11-19(15-22-20)23-21(25)14-18(17-9-5-2-6-10-17)13-16-7-3-1-4-8-16/h1-10,18-19H,11-15H2,(H,22,24)(H,23,25)/t18-,19+/m0/s1. The third kappa shape index (κ3) is 5.18. The second kappa shape index (κ2) is 8.47. The van der Waals surface area contributed by atoms with E-state index >= 15 is 0 Å². The summed E-state index contributed by atoms with van der Waals surface area (Å²) in [7, 11) is 0. The third-order valence-corrected chi connectivity index (χ3v) is 4.66. The lowest BCUT2D eigenvalue weighted by Crippen LogP contribution is -2.48. The molecule has 0 saturated carbocycles. The van der Waals surface area contributed by atoms with E-state index in [1.807, 2.05) is 36.4 Å². The van der Waals surface area contributed by atoms with Crippen LogP contribution in [0.2, 0.25) is 0 Å². The fourth-order valence-corrected chi connectivity index (χ4v) is 3.30. The van der Waals surface area contributed by atoms with Crippen molar-refractivity contribution in [2.45, 2.75) is 37.6 Å². The molecule has 2 aromatic carbocycles. The van der Waals surface area contributed by atoms with Crippen molar-refractivity contribution in [1.29, 1.82) is 0 Å². The highest BCUT2D eigenvalue weighted by atomic mass is 16.2. The number of rotatable bonds is 6. The maximum atomic E-state index is 12.5. The molecule has 130 valence electrons. The van der Waals surface area contributed by atoms with Gasteiger partial charge in [0, 0.05) is 25.4 Å². The summed E-state index contributed by atoms with van der Waals surface area (Å²) in [4.78, 5) is 23.8. The number of piperidine rings is 1. The second-order valence-electron chi connectivity index (χ2n) is 6.61. The molecule has 0 radical (unpaired) electrons. The Balaban J connectivity index is 1.65. The molecule has 0 aliphatic carbocycles. The number of benzene rings is 2. The summed E-state index contributed by atoms with van der Waals surface area (Å²) >= 11 is 0. The van der Waals surface area contributed by atoms with Gasteiger partial charge >= 0.3 is 0 Å². The quantitative estimate of drug-likeness (QED) is 0.852. The summed E-state index contributed by atoms with van der Waals surface area (Å²) in [6, 6.07) is 20.5. The van der Waals surface area contributed by atoms with Crippen LogP contribution in [0.25, 0.3) is 0 Å². The Bertz CT molecular complexity index is 690. The summed E-state index contributed by atoms with van der Waals surface area (Å²) in [5, 5.41) is 5.88. The summed E-state index contributed by atoms with van der Waals surface area (Å²) in [6.07, 6.45) is 2.48. The van der Waals surface area contributed by atoms with Gasteiger partial charge in [-0.1, -0.05) is 60.7 Å². The molecule has 1 aliphatic rings. The topological polar surface area (TPSA) is 58.2 Å². The molecule has 4 nitrogen and oxygen atoms in total. The number of amides is 2. The summed E-state index contributed by atoms with van der Waals surface area (Å²) in [5.74, 6) is 0.254. The number of hydrogen-bond acceptors (Lipinski definition) is 2. The zero-order chi connectivity index (χ0) is 17.5. The molecule has 4 heteroatoms. The molecule has 2 aromatic rings. The van der Waals surface area contributed by atoms with Crippen molar-refractivity contribution < 1.29 is 9.59 Å². The Morgan fingerprint density at radius 2 is 1.76 bits per heavy atom. The predicted molar refractivity (Wildman–Crippen MR) is 98.1 cm³/mol. The summed E-state index contributed by atoms with van der Waals surface area (Å²) < 4.78 is 0. The van der Waals surface area contributed by atoms with E-state index in [2.05, 4.69) is 34.9 Å². The van der Waals surface area contributed by atoms with Crippen molar-refractivity contribution in [2.75, 3.05) is 6.54 Å². The van der Waals surface area contributed by atoms with Gasteiger partial charge < -0.3 is 10.6 Å². The largest absolute Gasteiger partial charge is 0.354 e. The molecule has 1 fully saturated rings. The van der Waals surface area contributed by atoms with Gasteiger partial charge in [0.05, 0.1) is 0 Å². The van der Waals surface area contributed by atoms with Gasteiger partial charge in [0.15, 0.2) is 0 Å². The van der Waals surface area contributed by atoms with Crippen molar-refractivity contribution in [3.8, 4) is 0 Å². The highest BCUT2D eigenvalue weighted by Gasteiger charge is 2.22. The lowest BCUT2D eigenvalue weighted by molar-refractivity contribution is -0.125. The van der Waals surface area contributed by atoms with Crippen molar-refractivity contribution >= 4 is 11.8 Å². The molecule has 2 atom stereocenters. The van der Waals surface area contributed by atoms with Crippen LogP contribution in [0.1, 0.15) is 36.3 Å². The highest BCUT2D eigenvalue weighted by molar-refractivity contribution is 5.79. The van der Waals surface area contributed by atoms with Crippen LogP contribution in [0.3, 0.4) is 0 Å². The van der Waals surface area contributed by atoms with E-state index < -0.39 is 0 Å². The molecule has 1 heterocycles. The van der Waals surface area contributed by atoms with Gasteiger partial charge in [-0.05, 0) is 29.9 Å². The Morgan fingerprint density at radius 3 is 2.40 bits per heavy atom. The maximum absolute atomic E-state index is 12.5. The number of carbonyl (C=O) groups is 2. The smallest absolute Gasteiger partial charge is 0.220 e. The molecule has 1 aliphatic heterocycles. The van der Waals surface area contributed by atoms with Crippen molar-refractivity contribution in [3.63, 3.8) is 0 Å². The molecule has 0 unspecified atom stereocenters. The average molecular weight is 336 g/mol. The summed E-state index contributed by atoms with van der Waals surface area (Å²) in [6.45, 7) is 0.527. The molecule has 0 aromatic heterocycles. The second-order valence-corrected chi connectivity index (χ2v) is 6.61. The van der Waals surface area contributed by atoms with Gasteiger partial charge in [-0.2, -0.15) is 0 Å². The Hall–Kier alpha value is -2.62. The average Bonchev–Trinajstić information content (AvgIpc) is 2.65. The molecule has 1 saturated heterocycles. The van der Waals surface area contributed by atoms with Gasteiger partial charge in [0.1, 0.15) is 0 Å². The van der Waals surface area contributed by atoms with E-state index in [0.717, 1.165) is 6.42 Å². The van der Waals surface area contributed by atoms with Crippen LogP contribution in [-0.4, -0.2) is 24.4 Å². The van der Waals surface area contributed by atoms with Crippen LogP contribution in [0.4, 0.5) is 0 Å². The monoisotopic (exact) mass is 336 g/mol. The van der Waals surface area contributed by atoms with Crippen LogP contribution in [0, 0.1) is 0 Å². The van der Waals surface area contributed by atoms with Gasteiger partial charge in [-0.25, -0.2) is 0 Å². The fourth-order valence-electron chi connectivity index (χ4n) is 3.30. The first-order valence-corrected chi connectivity index (χ1v) is 8.85. The number of hydrogen-bond donors (Lipinski definition) is 2. The minimum atomic E-state index is 0.0401. The van der Waals surface area contributed by atoms with Crippen LogP contribution in [0.5, 0.6) is 0 Å². The first kappa shape index (κ1) is 17.2. The van der Waals surface area contributed by atoms with Crippen molar-refractivity contribution in [3.05, 3.63) is 71.8 Å². The zero-order valence-corrected chi connectivity index (χ0v) is 14.3. The fraction of sp³-hybridized carbons (Fsp3) is 0.333. The number of carbonyl (C=O) groups excluding carboxylic acids is 2. The normalized spacial score (nSPS) is 18.2. The molecule has 2 amide bonds. The van der Waals surface area contributed by atoms with Gasteiger partial charge in [-0.3, -0.25) is 9.59 Å². The Labute approximate surface area is 148 Å². The minimum Gasteiger partial charge on any atom is -0.354 e. The highest BCUT2D eigenvalue weighted by Crippen LogP contribution is 2.24. The maximum Gasteiger partial charge on any atom is 0.220 e. The van der Waals surface area contributed by atoms with E-state index in [-0.39, 0.29) is 23.8 Å². The van der Waals surface area contributed by atoms with Crippen LogP contribution < -0.4 is 10.6 Å². The minimum absolute atomic E-state index is 0.0401. The van der Waals surface area contributed by atoms with Crippen molar-refractivity contribution in [1.82, 2.24) is 10.6 Å². The molecule has 2 N–H and O–H groups in total. The van der Waals surface area contributed by atoms with E-state index in [1.165, 1.54) is 11.1 Å². The SMILES string of the molecule is O=C1CC[C@@H](NC(=O)C[C@H](Cc2ccccc2)c2ccccc2)CN1. The molecular formula is C21H24N2O2. The van der Waals surface area contributed by atoms with Crippen molar-refractivity contribution in [2.24, 2.45) is 0 Å². The van der Waals surface area contributed by atoms with E-state index in [1.54, 1.807) is 0 Å².